The molecule has 7 nitrogen and oxygen atoms in total. The van der Waals surface area contributed by atoms with E-state index in [1.54, 1.807) is 60.7 Å². The quantitative estimate of drug-likeness (QED) is 0.0455. The van der Waals surface area contributed by atoms with Crippen molar-refractivity contribution >= 4 is 57.3 Å². The van der Waals surface area contributed by atoms with Crippen molar-refractivity contribution in [2.75, 3.05) is 11.5 Å². The molecule has 11 heteroatoms. The molecular weight excluding hydrogens is 597 g/mol. The van der Waals surface area contributed by atoms with Crippen LogP contribution in [-0.4, -0.2) is 33.6 Å². The lowest BCUT2D eigenvalue weighted by Crippen LogP contribution is -2.29. The van der Waals surface area contributed by atoms with E-state index in [0.717, 1.165) is 36.2 Å². The van der Waals surface area contributed by atoms with Crippen molar-refractivity contribution in [1.82, 2.24) is 10.2 Å². The Kier molecular flexibility index (Phi) is 9.56. The van der Waals surface area contributed by atoms with E-state index in [9.17, 15) is 19.1 Å². The molecule has 1 N–H and O–H groups in total. The minimum atomic E-state index is -0.947. The van der Waals surface area contributed by atoms with Gasteiger partial charge in [0, 0.05) is 16.3 Å². The lowest BCUT2D eigenvalue weighted by Gasteiger charge is -2.22. The molecule has 2 heterocycles. The summed E-state index contributed by atoms with van der Waals surface area (Å²) in [7, 11) is 0. The standard InChI is InChI=1S/C31H27ClFN3O4S2/c1-2-3-4-17-40-24-15-9-20(10-16-24)26-25(27(37)21-7-11-22(32)12-8-21)28(38)29(39)36(26)30-34-35-31(42-30)41-18-19-5-13-23(33)14-6-19/h5-16,26,37H,2-4,17-18H2,1H3/b27-25-. The van der Waals surface area contributed by atoms with Crippen LogP contribution in [0.25, 0.3) is 5.76 Å². The number of Topliss-reactive ketones (excluding diaryl/α,β-unsaturated/α-hetero) is 1. The van der Waals surface area contributed by atoms with Crippen LogP contribution < -0.4 is 9.64 Å². The van der Waals surface area contributed by atoms with Gasteiger partial charge in [-0.1, -0.05) is 78.7 Å². The number of rotatable bonds is 11. The van der Waals surface area contributed by atoms with Crippen LogP contribution in [-0.2, 0) is 15.3 Å². The number of unbranched alkanes of at least 4 members (excludes halogenated alkanes) is 2. The van der Waals surface area contributed by atoms with E-state index >= 15 is 0 Å². The van der Waals surface area contributed by atoms with Gasteiger partial charge in [0.1, 0.15) is 17.3 Å². The van der Waals surface area contributed by atoms with E-state index in [4.69, 9.17) is 16.3 Å². The molecule has 0 spiro atoms. The van der Waals surface area contributed by atoms with Gasteiger partial charge in [-0.25, -0.2) is 4.39 Å². The molecule has 0 radical (unpaired) electrons. The van der Waals surface area contributed by atoms with Gasteiger partial charge in [0.25, 0.3) is 5.78 Å². The number of hydrogen-bond acceptors (Lipinski definition) is 8. The Labute approximate surface area is 256 Å². The van der Waals surface area contributed by atoms with E-state index in [-0.39, 0.29) is 22.3 Å². The first-order chi connectivity index (χ1) is 20.4. The number of aromatic nitrogens is 2. The zero-order chi connectivity index (χ0) is 29.6. The highest BCUT2D eigenvalue weighted by molar-refractivity contribution is 8.00. The maximum atomic E-state index is 13.5. The Bertz CT molecular complexity index is 1590. The number of benzene rings is 3. The molecule has 1 fully saturated rings. The Balaban J connectivity index is 1.48. The average Bonchev–Trinajstić information content (AvgIpc) is 3.57. The number of carbonyl (C=O) groups is 2. The minimum Gasteiger partial charge on any atom is -0.507 e. The van der Waals surface area contributed by atoms with Gasteiger partial charge in [-0.3, -0.25) is 14.5 Å². The number of aliphatic hydroxyl groups is 1. The van der Waals surface area contributed by atoms with Crippen LogP contribution in [0, 0.1) is 5.82 Å². The summed E-state index contributed by atoms with van der Waals surface area (Å²) in [6.07, 6.45) is 3.10. The van der Waals surface area contributed by atoms with Crippen molar-refractivity contribution in [2.24, 2.45) is 0 Å². The number of nitrogens with zero attached hydrogens (tertiary/aromatic N) is 3. The topological polar surface area (TPSA) is 92.6 Å². The second kappa shape index (κ2) is 13.5. The Morgan fingerprint density at radius 2 is 1.74 bits per heavy atom. The third-order valence-electron chi connectivity index (χ3n) is 6.65. The molecule has 0 aliphatic carbocycles. The molecule has 4 aromatic rings. The first-order valence-corrected chi connectivity index (χ1v) is 15.5. The fourth-order valence-electron chi connectivity index (χ4n) is 4.48. The van der Waals surface area contributed by atoms with Gasteiger partial charge >= 0.3 is 5.91 Å². The van der Waals surface area contributed by atoms with Gasteiger partial charge in [-0.05, 0) is 66.1 Å². The van der Waals surface area contributed by atoms with Crippen LogP contribution in [0.2, 0.25) is 5.02 Å². The number of thioether (sulfide) groups is 1. The summed E-state index contributed by atoms with van der Waals surface area (Å²) < 4.78 is 19.7. The number of hydrogen-bond donors (Lipinski definition) is 1. The molecule has 0 bridgehead atoms. The molecule has 1 aliphatic rings. The predicted octanol–water partition coefficient (Wildman–Crippen LogP) is 7.82. The van der Waals surface area contributed by atoms with Crippen LogP contribution in [0.5, 0.6) is 5.75 Å². The summed E-state index contributed by atoms with van der Waals surface area (Å²) in [5.74, 6) is -1.09. The van der Waals surface area contributed by atoms with Gasteiger partial charge in [-0.2, -0.15) is 0 Å². The van der Waals surface area contributed by atoms with Gasteiger partial charge in [0.15, 0.2) is 4.34 Å². The largest absolute Gasteiger partial charge is 0.507 e. The van der Waals surface area contributed by atoms with Crippen molar-refractivity contribution in [2.45, 2.75) is 42.3 Å². The average molecular weight is 624 g/mol. The third-order valence-corrected chi connectivity index (χ3v) is 9.03. The smallest absolute Gasteiger partial charge is 0.301 e. The molecule has 0 saturated carbocycles. The van der Waals surface area contributed by atoms with E-state index < -0.39 is 17.7 Å². The molecule has 216 valence electrons. The highest BCUT2D eigenvalue weighted by Crippen LogP contribution is 2.44. The first-order valence-electron chi connectivity index (χ1n) is 13.4. The van der Waals surface area contributed by atoms with Crippen molar-refractivity contribution in [1.29, 1.82) is 0 Å². The number of ether oxygens (including phenoxy) is 1. The van der Waals surface area contributed by atoms with Crippen LogP contribution in [0.3, 0.4) is 0 Å². The minimum absolute atomic E-state index is 0.0605. The summed E-state index contributed by atoms with van der Waals surface area (Å²) in [5.41, 5.74) is 1.79. The number of amides is 1. The molecule has 1 unspecified atom stereocenters. The van der Waals surface area contributed by atoms with Crippen molar-refractivity contribution in [3.8, 4) is 5.75 Å². The lowest BCUT2D eigenvalue weighted by atomic mass is 9.95. The maximum absolute atomic E-state index is 13.5. The van der Waals surface area contributed by atoms with E-state index in [1.807, 2.05) is 0 Å². The molecule has 5 rings (SSSR count). The maximum Gasteiger partial charge on any atom is 0.301 e. The van der Waals surface area contributed by atoms with Gasteiger partial charge < -0.3 is 9.84 Å². The Hall–Kier alpha value is -3.73. The normalized spacial score (nSPS) is 16.3. The van der Waals surface area contributed by atoms with Gasteiger partial charge in [0.05, 0.1) is 18.2 Å². The molecular formula is C31H27ClFN3O4S2. The summed E-state index contributed by atoms with van der Waals surface area (Å²) in [6.45, 7) is 2.71. The number of halogens is 2. The Morgan fingerprint density at radius 1 is 1.02 bits per heavy atom. The monoisotopic (exact) mass is 623 g/mol. The Morgan fingerprint density at radius 3 is 2.43 bits per heavy atom. The summed E-state index contributed by atoms with van der Waals surface area (Å²) >= 11 is 8.57. The molecule has 1 amide bonds. The van der Waals surface area contributed by atoms with E-state index in [1.165, 1.54) is 28.8 Å². The molecule has 1 aliphatic heterocycles. The van der Waals surface area contributed by atoms with Gasteiger partial charge in [0.2, 0.25) is 5.13 Å². The lowest BCUT2D eigenvalue weighted by molar-refractivity contribution is -0.132. The zero-order valence-corrected chi connectivity index (χ0v) is 25.0. The number of ketones is 1. The number of aliphatic hydroxyl groups excluding tert-OH is 1. The number of anilines is 1. The fraction of sp³-hybridized carbons (Fsp3) is 0.226. The highest BCUT2D eigenvalue weighted by Gasteiger charge is 2.48. The number of carbonyl (C=O) groups excluding carboxylic acids is 2. The predicted molar refractivity (Wildman–Crippen MR) is 164 cm³/mol. The third kappa shape index (κ3) is 6.67. The second-order valence-corrected chi connectivity index (χ2v) is 12.2. The fourth-order valence-corrected chi connectivity index (χ4v) is 6.43. The zero-order valence-electron chi connectivity index (χ0n) is 22.6. The van der Waals surface area contributed by atoms with Crippen molar-refractivity contribution in [3.05, 3.63) is 106 Å². The molecule has 1 atom stereocenters. The van der Waals surface area contributed by atoms with Crippen LogP contribution in [0.1, 0.15) is 48.9 Å². The van der Waals surface area contributed by atoms with Crippen LogP contribution >= 0.6 is 34.7 Å². The van der Waals surface area contributed by atoms with E-state index in [0.29, 0.717) is 38.6 Å². The molecule has 3 aromatic carbocycles. The van der Waals surface area contributed by atoms with E-state index in [2.05, 4.69) is 17.1 Å². The van der Waals surface area contributed by atoms with Crippen molar-refractivity contribution in [3.63, 3.8) is 0 Å². The SMILES string of the molecule is CCCCCOc1ccc(C2/C(=C(/O)c3ccc(Cl)cc3)C(=O)C(=O)N2c2nnc(SCc3ccc(F)cc3)s2)cc1. The van der Waals surface area contributed by atoms with Crippen LogP contribution in [0.15, 0.2) is 82.7 Å². The van der Waals surface area contributed by atoms with Crippen molar-refractivity contribution < 1.29 is 23.8 Å². The molecule has 1 aromatic heterocycles. The highest BCUT2D eigenvalue weighted by atomic mass is 35.5. The summed E-state index contributed by atoms with van der Waals surface area (Å²) in [5, 5.41) is 20.4. The summed E-state index contributed by atoms with van der Waals surface area (Å²) in [6, 6.07) is 18.7. The first kappa shape index (κ1) is 29.8. The van der Waals surface area contributed by atoms with Gasteiger partial charge in [-0.15, -0.1) is 10.2 Å². The second-order valence-electron chi connectivity index (χ2n) is 9.57. The van der Waals surface area contributed by atoms with Crippen LogP contribution in [0.4, 0.5) is 9.52 Å². The molecule has 1 saturated heterocycles. The summed E-state index contributed by atoms with van der Waals surface area (Å²) in [4.78, 5) is 28.2. The molecule has 42 heavy (non-hydrogen) atoms.